The Labute approximate surface area is 155 Å². The van der Waals surface area contributed by atoms with Crippen molar-refractivity contribution in [1.29, 1.82) is 0 Å². The van der Waals surface area contributed by atoms with Gasteiger partial charge in [-0.15, -0.1) is 0 Å². The Morgan fingerprint density at radius 2 is 1.88 bits per heavy atom. The first-order valence-electron chi connectivity index (χ1n) is 9.25. The quantitative estimate of drug-likeness (QED) is 0.871. The van der Waals surface area contributed by atoms with E-state index in [1.54, 1.807) is 28.6 Å². The molecule has 1 amide bonds. The first-order valence-corrected chi connectivity index (χ1v) is 10.7. The monoisotopic (exact) mass is 377 g/mol. The fourth-order valence-electron chi connectivity index (χ4n) is 3.36. The summed E-state index contributed by atoms with van der Waals surface area (Å²) in [6, 6.07) is 6.96. The van der Waals surface area contributed by atoms with Crippen LogP contribution in [0.4, 0.5) is 0 Å². The van der Waals surface area contributed by atoms with Gasteiger partial charge in [0.05, 0.1) is 4.90 Å². The maximum absolute atomic E-state index is 12.9. The molecule has 7 heteroatoms. The molecule has 2 aromatic rings. The van der Waals surface area contributed by atoms with E-state index in [9.17, 15) is 13.2 Å². The average Bonchev–Trinajstić information content (AvgIpc) is 2.98. The molecule has 1 saturated heterocycles. The molecular weight excluding hydrogens is 350 g/mol. The molecule has 1 aliphatic rings. The van der Waals surface area contributed by atoms with E-state index in [4.69, 9.17) is 0 Å². The molecule has 142 valence electrons. The van der Waals surface area contributed by atoms with Crippen LogP contribution in [0.3, 0.4) is 0 Å². The summed E-state index contributed by atoms with van der Waals surface area (Å²) in [5.41, 5.74) is 1.38. The molecule has 2 heterocycles. The van der Waals surface area contributed by atoms with Gasteiger partial charge in [0.2, 0.25) is 10.0 Å². The summed E-state index contributed by atoms with van der Waals surface area (Å²) in [4.78, 5) is 12.8. The third-order valence-corrected chi connectivity index (χ3v) is 7.08. The fraction of sp³-hybridized carbons (Fsp3) is 0.526. The van der Waals surface area contributed by atoms with Crippen LogP contribution in [0.15, 0.2) is 29.2 Å². The molecule has 1 aromatic carbocycles. The number of carbonyl (C=O) groups excluding carboxylic acids is 1. The lowest BCUT2D eigenvalue weighted by atomic mass is 10.2. The van der Waals surface area contributed by atoms with Crippen LogP contribution in [0.2, 0.25) is 0 Å². The number of nitrogens with one attached hydrogen (secondary N) is 1. The zero-order valence-corrected chi connectivity index (χ0v) is 16.5. The lowest BCUT2D eigenvalue weighted by Crippen LogP contribution is -2.35. The van der Waals surface area contributed by atoms with E-state index in [1.165, 1.54) is 0 Å². The van der Waals surface area contributed by atoms with Crippen molar-refractivity contribution in [2.45, 2.75) is 50.5 Å². The van der Waals surface area contributed by atoms with Crippen LogP contribution >= 0.6 is 0 Å². The molecule has 1 N–H and O–H groups in total. The summed E-state index contributed by atoms with van der Waals surface area (Å²) in [5.74, 6) is -0.140. The molecule has 0 radical (unpaired) electrons. The predicted octanol–water partition coefficient (Wildman–Crippen LogP) is 2.88. The Balaban J connectivity index is 1.95. The summed E-state index contributed by atoms with van der Waals surface area (Å²) in [6.07, 6.45) is 3.76. The smallest absolute Gasteiger partial charge is 0.268 e. The first-order chi connectivity index (χ1) is 12.3. The zero-order valence-electron chi connectivity index (χ0n) is 15.7. The summed E-state index contributed by atoms with van der Waals surface area (Å²) < 4.78 is 29.1. The van der Waals surface area contributed by atoms with Gasteiger partial charge in [0, 0.05) is 37.1 Å². The molecule has 0 aliphatic carbocycles. The van der Waals surface area contributed by atoms with Gasteiger partial charge in [0.15, 0.2) is 0 Å². The Bertz CT molecular complexity index is 911. The van der Waals surface area contributed by atoms with E-state index in [-0.39, 0.29) is 11.9 Å². The number of hydrogen-bond acceptors (Lipinski definition) is 3. The molecule has 1 aromatic heterocycles. The van der Waals surface area contributed by atoms with Crippen molar-refractivity contribution in [3.63, 3.8) is 0 Å². The Kier molecular flexibility index (Phi) is 5.39. The standard InChI is InChI=1S/C19H27N3O3S/c1-4-14(2)20-19(23)18-13-15-12-16(8-9-17(15)21(18)3)26(24,25)22-10-6-5-7-11-22/h8-9,12-14H,4-7,10-11H2,1-3H3,(H,20,23)/t14-/m1/s1. The van der Waals surface area contributed by atoms with Gasteiger partial charge in [-0.25, -0.2) is 8.42 Å². The van der Waals surface area contributed by atoms with E-state index in [0.29, 0.717) is 23.7 Å². The summed E-state index contributed by atoms with van der Waals surface area (Å²) in [6.45, 7) is 5.14. The van der Waals surface area contributed by atoms with Crippen LogP contribution < -0.4 is 5.32 Å². The highest BCUT2D eigenvalue weighted by atomic mass is 32.2. The van der Waals surface area contributed by atoms with E-state index < -0.39 is 10.0 Å². The largest absolute Gasteiger partial charge is 0.348 e. The molecule has 0 unspecified atom stereocenters. The van der Waals surface area contributed by atoms with E-state index >= 15 is 0 Å². The number of fused-ring (bicyclic) bond motifs is 1. The Morgan fingerprint density at radius 1 is 1.19 bits per heavy atom. The van der Waals surface area contributed by atoms with E-state index in [2.05, 4.69) is 5.32 Å². The lowest BCUT2D eigenvalue weighted by Gasteiger charge is -2.25. The van der Waals surface area contributed by atoms with Crippen LogP contribution in [0.5, 0.6) is 0 Å². The molecule has 1 atom stereocenters. The molecule has 0 bridgehead atoms. The van der Waals surface area contributed by atoms with Gasteiger partial charge in [-0.3, -0.25) is 4.79 Å². The number of aryl methyl sites for hydroxylation is 1. The second kappa shape index (κ2) is 7.40. The van der Waals surface area contributed by atoms with Gasteiger partial charge in [-0.05, 0) is 50.5 Å². The predicted molar refractivity (Wildman–Crippen MR) is 103 cm³/mol. The lowest BCUT2D eigenvalue weighted by molar-refractivity contribution is 0.0931. The van der Waals surface area contributed by atoms with Crippen molar-refractivity contribution < 1.29 is 13.2 Å². The third kappa shape index (κ3) is 3.50. The Hall–Kier alpha value is -1.86. The number of carbonyl (C=O) groups is 1. The van der Waals surface area contributed by atoms with Gasteiger partial charge < -0.3 is 9.88 Å². The van der Waals surface area contributed by atoms with Crippen molar-refractivity contribution in [1.82, 2.24) is 14.2 Å². The normalized spacial score (nSPS) is 17.3. The molecular formula is C19H27N3O3S. The molecule has 3 rings (SSSR count). The number of sulfonamides is 1. The minimum atomic E-state index is -3.48. The molecule has 1 aliphatic heterocycles. The van der Waals surface area contributed by atoms with Gasteiger partial charge >= 0.3 is 0 Å². The highest BCUT2D eigenvalue weighted by Gasteiger charge is 2.26. The number of piperidine rings is 1. The fourth-order valence-corrected chi connectivity index (χ4v) is 4.91. The molecule has 0 saturated carbocycles. The van der Waals surface area contributed by atoms with Crippen LogP contribution in [-0.2, 0) is 17.1 Å². The number of aromatic nitrogens is 1. The Morgan fingerprint density at radius 3 is 2.54 bits per heavy atom. The van der Waals surface area contributed by atoms with Crippen LogP contribution in [0.1, 0.15) is 50.0 Å². The number of hydrogen-bond donors (Lipinski definition) is 1. The maximum Gasteiger partial charge on any atom is 0.268 e. The first kappa shape index (κ1) is 18.9. The van der Waals surface area contributed by atoms with Crippen LogP contribution in [0, 0.1) is 0 Å². The summed E-state index contributed by atoms with van der Waals surface area (Å²) >= 11 is 0. The van der Waals surface area contributed by atoms with Gasteiger partial charge in [-0.2, -0.15) is 4.31 Å². The van der Waals surface area contributed by atoms with Gasteiger partial charge in [-0.1, -0.05) is 13.3 Å². The van der Waals surface area contributed by atoms with Crippen molar-refractivity contribution in [3.8, 4) is 0 Å². The van der Waals surface area contributed by atoms with Crippen molar-refractivity contribution in [2.75, 3.05) is 13.1 Å². The second-order valence-corrected chi connectivity index (χ2v) is 8.99. The number of rotatable bonds is 5. The minimum Gasteiger partial charge on any atom is -0.348 e. The third-order valence-electron chi connectivity index (χ3n) is 5.19. The van der Waals surface area contributed by atoms with E-state index in [1.807, 2.05) is 25.5 Å². The number of nitrogens with zero attached hydrogens (tertiary/aromatic N) is 2. The highest BCUT2D eigenvalue weighted by molar-refractivity contribution is 7.89. The minimum absolute atomic E-state index is 0.0931. The number of benzene rings is 1. The molecule has 6 nitrogen and oxygen atoms in total. The summed E-state index contributed by atoms with van der Waals surface area (Å²) in [7, 11) is -1.65. The SMILES string of the molecule is CC[C@@H](C)NC(=O)c1cc2cc(S(=O)(=O)N3CCCCC3)ccc2n1C. The van der Waals surface area contributed by atoms with Gasteiger partial charge in [0.1, 0.15) is 5.69 Å². The number of amides is 1. The van der Waals surface area contributed by atoms with Gasteiger partial charge in [0.25, 0.3) is 5.91 Å². The highest BCUT2D eigenvalue weighted by Crippen LogP contribution is 2.26. The molecule has 26 heavy (non-hydrogen) atoms. The second-order valence-electron chi connectivity index (χ2n) is 7.06. The van der Waals surface area contributed by atoms with Crippen LogP contribution in [-0.4, -0.2) is 42.3 Å². The molecule has 0 spiro atoms. The van der Waals surface area contributed by atoms with Crippen molar-refractivity contribution >= 4 is 26.8 Å². The summed E-state index contributed by atoms with van der Waals surface area (Å²) in [5, 5.41) is 3.72. The topological polar surface area (TPSA) is 71.4 Å². The van der Waals surface area contributed by atoms with E-state index in [0.717, 1.165) is 36.6 Å². The van der Waals surface area contributed by atoms with Crippen molar-refractivity contribution in [3.05, 3.63) is 30.0 Å². The van der Waals surface area contributed by atoms with Crippen LogP contribution in [0.25, 0.3) is 10.9 Å². The molecule has 1 fully saturated rings. The maximum atomic E-state index is 12.9. The average molecular weight is 378 g/mol. The van der Waals surface area contributed by atoms with Crippen molar-refractivity contribution in [2.24, 2.45) is 7.05 Å². The zero-order chi connectivity index (χ0) is 18.9.